The summed E-state index contributed by atoms with van der Waals surface area (Å²) in [6.45, 7) is 2.21. The lowest BCUT2D eigenvalue weighted by molar-refractivity contribution is 0.157. The number of aliphatic hydroxyl groups excluding tert-OH is 1. The zero-order valence-corrected chi connectivity index (χ0v) is 12.1. The average Bonchev–Trinajstić information content (AvgIpc) is 2.24. The standard InChI is InChI=1S/C13H28O3S/c1-3-4-5-6-7-8-9-10-13(14)11-12-17(2,15)16/h13-14H,3-12H2,1-2H3. The van der Waals surface area contributed by atoms with E-state index in [1.54, 1.807) is 0 Å². The van der Waals surface area contributed by atoms with Crippen molar-refractivity contribution >= 4 is 9.84 Å². The Balaban J connectivity index is 3.30. The molecule has 0 amide bonds. The predicted molar refractivity (Wildman–Crippen MR) is 72.9 cm³/mol. The number of unbranched alkanes of at least 4 members (excludes halogenated alkanes) is 6. The van der Waals surface area contributed by atoms with Crippen LogP contribution in [0.2, 0.25) is 0 Å². The van der Waals surface area contributed by atoms with E-state index in [4.69, 9.17) is 0 Å². The highest BCUT2D eigenvalue weighted by Gasteiger charge is 2.08. The quantitative estimate of drug-likeness (QED) is 0.584. The van der Waals surface area contributed by atoms with Crippen molar-refractivity contribution in [2.75, 3.05) is 12.0 Å². The molecule has 0 saturated carbocycles. The first kappa shape index (κ1) is 16.9. The van der Waals surface area contributed by atoms with Gasteiger partial charge in [-0.05, 0) is 12.8 Å². The molecule has 0 spiro atoms. The molecule has 0 aliphatic heterocycles. The Hall–Kier alpha value is -0.0900. The van der Waals surface area contributed by atoms with Gasteiger partial charge in [-0.3, -0.25) is 0 Å². The van der Waals surface area contributed by atoms with Crippen molar-refractivity contribution in [1.82, 2.24) is 0 Å². The van der Waals surface area contributed by atoms with Crippen LogP contribution in [-0.4, -0.2) is 31.6 Å². The van der Waals surface area contributed by atoms with Crippen LogP contribution in [0.4, 0.5) is 0 Å². The molecule has 0 aromatic heterocycles. The van der Waals surface area contributed by atoms with Gasteiger partial charge in [-0.15, -0.1) is 0 Å². The largest absolute Gasteiger partial charge is 0.393 e. The minimum atomic E-state index is -2.92. The number of rotatable bonds is 11. The van der Waals surface area contributed by atoms with E-state index in [0.29, 0.717) is 6.42 Å². The van der Waals surface area contributed by atoms with E-state index in [1.807, 2.05) is 0 Å². The van der Waals surface area contributed by atoms with Crippen molar-refractivity contribution < 1.29 is 13.5 Å². The molecule has 104 valence electrons. The third-order valence-corrected chi connectivity index (χ3v) is 3.94. The van der Waals surface area contributed by atoms with Crippen LogP contribution in [0.25, 0.3) is 0 Å². The van der Waals surface area contributed by atoms with Gasteiger partial charge in [0.15, 0.2) is 0 Å². The van der Waals surface area contributed by atoms with E-state index in [0.717, 1.165) is 19.3 Å². The monoisotopic (exact) mass is 264 g/mol. The lowest BCUT2D eigenvalue weighted by atomic mass is 10.1. The molecule has 0 radical (unpaired) electrons. The van der Waals surface area contributed by atoms with Crippen molar-refractivity contribution in [3.63, 3.8) is 0 Å². The second-order valence-corrected chi connectivity index (χ2v) is 7.24. The van der Waals surface area contributed by atoms with E-state index < -0.39 is 15.9 Å². The highest BCUT2D eigenvalue weighted by Crippen LogP contribution is 2.11. The summed E-state index contributed by atoms with van der Waals surface area (Å²) in [6, 6.07) is 0. The summed E-state index contributed by atoms with van der Waals surface area (Å²) >= 11 is 0. The third kappa shape index (κ3) is 13.8. The summed E-state index contributed by atoms with van der Waals surface area (Å²) in [5, 5.41) is 9.59. The van der Waals surface area contributed by atoms with Crippen LogP contribution < -0.4 is 0 Å². The molecule has 3 nitrogen and oxygen atoms in total. The molecule has 0 aromatic carbocycles. The number of hydrogen-bond donors (Lipinski definition) is 1. The third-order valence-electron chi connectivity index (χ3n) is 2.96. The van der Waals surface area contributed by atoms with Gasteiger partial charge in [0.1, 0.15) is 9.84 Å². The van der Waals surface area contributed by atoms with Crippen LogP contribution in [0.3, 0.4) is 0 Å². The lowest BCUT2D eigenvalue weighted by Gasteiger charge is -2.09. The Bertz CT molecular complexity index is 260. The van der Waals surface area contributed by atoms with E-state index >= 15 is 0 Å². The molecule has 4 heteroatoms. The number of sulfone groups is 1. The average molecular weight is 264 g/mol. The van der Waals surface area contributed by atoms with Gasteiger partial charge in [-0.1, -0.05) is 51.9 Å². The van der Waals surface area contributed by atoms with Crippen molar-refractivity contribution in [2.45, 2.75) is 70.8 Å². The fourth-order valence-corrected chi connectivity index (χ4v) is 2.53. The van der Waals surface area contributed by atoms with Gasteiger partial charge in [0, 0.05) is 6.26 Å². The summed E-state index contributed by atoms with van der Waals surface area (Å²) in [4.78, 5) is 0. The molecule has 0 rings (SSSR count). The molecule has 17 heavy (non-hydrogen) atoms. The van der Waals surface area contributed by atoms with E-state index in [-0.39, 0.29) is 5.75 Å². The second-order valence-electron chi connectivity index (χ2n) is 4.98. The van der Waals surface area contributed by atoms with Crippen molar-refractivity contribution in [1.29, 1.82) is 0 Å². The maximum atomic E-state index is 10.9. The number of aliphatic hydroxyl groups is 1. The molecular weight excluding hydrogens is 236 g/mol. The first-order valence-electron chi connectivity index (χ1n) is 6.81. The van der Waals surface area contributed by atoms with Crippen LogP contribution in [0.15, 0.2) is 0 Å². The molecule has 1 unspecified atom stereocenters. The Kier molecular flexibility index (Phi) is 9.84. The van der Waals surface area contributed by atoms with Gasteiger partial charge in [-0.2, -0.15) is 0 Å². The Morgan fingerprint density at radius 1 is 0.941 bits per heavy atom. The maximum Gasteiger partial charge on any atom is 0.147 e. The highest BCUT2D eigenvalue weighted by atomic mass is 32.2. The maximum absolute atomic E-state index is 10.9. The summed E-state index contributed by atoms with van der Waals surface area (Å²) < 4.78 is 21.8. The first-order chi connectivity index (χ1) is 7.95. The Morgan fingerprint density at radius 3 is 2.00 bits per heavy atom. The van der Waals surface area contributed by atoms with E-state index in [2.05, 4.69) is 6.92 Å². The Labute approximate surface area is 107 Å². The fraction of sp³-hybridized carbons (Fsp3) is 1.00. The topological polar surface area (TPSA) is 54.4 Å². The summed E-state index contributed by atoms with van der Waals surface area (Å²) in [6.07, 6.45) is 10.5. The molecule has 0 bridgehead atoms. The molecule has 0 fully saturated rings. The SMILES string of the molecule is CCCCCCCCCC(O)CCS(C)(=O)=O. The van der Waals surface area contributed by atoms with Gasteiger partial charge in [0.05, 0.1) is 11.9 Å². The minimum Gasteiger partial charge on any atom is -0.393 e. The zero-order chi connectivity index (χ0) is 13.1. The normalized spacial score (nSPS) is 13.8. The smallest absolute Gasteiger partial charge is 0.147 e. The highest BCUT2D eigenvalue weighted by molar-refractivity contribution is 7.90. The molecule has 0 aliphatic rings. The minimum absolute atomic E-state index is 0.102. The Morgan fingerprint density at radius 2 is 1.47 bits per heavy atom. The molecule has 1 atom stereocenters. The molecular formula is C13H28O3S. The van der Waals surface area contributed by atoms with E-state index in [1.165, 1.54) is 38.4 Å². The summed E-state index contributed by atoms with van der Waals surface area (Å²) in [5.41, 5.74) is 0. The van der Waals surface area contributed by atoms with E-state index in [9.17, 15) is 13.5 Å². The van der Waals surface area contributed by atoms with Gasteiger partial charge in [0.2, 0.25) is 0 Å². The van der Waals surface area contributed by atoms with Crippen molar-refractivity contribution in [3.05, 3.63) is 0 Å². The predicted octanol–water partition coefficient (Wildman–Crippen LogP) is 2.92. The summed E-state index contributed by atoms with van der Waals surface area (Å²) in [5.74, 6) is 0.102. The number of hydrogen-bond acceptors (Lipinski definition) is 3. The van der Waals surface area contributed by atoms with Gasteiger partial charge in [-0.25, -0.2) is 8.42 Å². The van der Waals surface area contributed by atoms with Gasteiger partial charge < -0.3 is 5.11 Å². The first-order valence-corrected chi connectivity index (χ1v) is 8.87. The van der Waals surface area contributed by atoms with Gasteiger partial charge in [0.25, 0.3) is 0 Å². The molecule has 1 N–H and O–H groups in total. The second kappa shape index (κ2) is 9.89. The van der Waals surface area contributed by atoms with Crippen LogP contribution in [-0.2, 0) is 9.84 Å². The fourth-order valence-electron chi connectivity index (χ4n) is 1.83. The van der Waals surface area contributed by atoms with Crippen LogP contribution in [0, 0.1) is 0 Å². The van der Waals surface area contributed by atoms with Crippen LogP contribution in [0.5, 0.6) is 0 Å². The molecule has 0 aromatic rings. The molecule has 0 saturated heterocycles. The van der Waals surface area contributed by atoms with Crippen LogP contribution >= 0.6 is 0 Å². The molecule has 0 aliphatic carbocycles. The molecule has 0 heterocycles. The van der Waals surface area contributed by atoms with Gasteiger partial charge >= 0.3 is 0 Å². The van der Waals surface area contributed by atoms with Crippen molar-refractivity contribution in [3.8, 4) is 0 Å². The summed E-state index contributed by atoms with van der Waals surface area (Å²) in [7, 11) is -2.92. The van der Waals surface area contributed by atoms with Crippen LogP contribution in [0.1, 0.15) is 64.7 Å². The van der Waals surface area contributed by atoms with Crippen molar-refractivity contribution in [2.24, 2.45) is 0 Å². The zero-order valence-electron chi connectivity index (χ0n) is 11.3. The lowest BCUT2D eigenvalue weighted by Crippen LogP contribution is -2.13.